The second-order valence-corrected chi connectivity index (χ2v) is 12.8. The van der Waals surface area contributed by atoms with Crippen LogP contribution in [0.5, 0.6) is 0 Å². The predicted molar refractivity (Wildman–Crippen MR) is 150 cm³/mol. The molecular formula is C26H42Br2O2S2. The van der Waals surface area contributed by atoms with Gasteiger partial charge in [-0.2, -0.15) is 0 Å². The Labute approximate surface area is 220 Å². The molecule has 0 bridgehead atoms. The van der Waals surface area contributed by atoms with Gasteiger partial charge in [0.05, 0.1) is 30.6 Å². The van der Waals surface area contributed by atoms with E-state index in [4.69, 9.17) is 0 Å². The maximum Gasteiger partial charge on any atom is 0.0894 e. The number of rotatable bonds is 18. The molecule has 0 aliphatic rings. The van der Waals surface area contributed by atoms with Gasteiger partial charge in [0.15, 0.2) is 0 Å². The Hall–Kier alpha value is 0.540. The van der Waals surface area contributed by atoms with Gasteiger partial charge in [-0.05, 0) is 44.7 Å². The van der Waals surface area contributed by atoms with Crippen LogP contribution in [0.25, 0.3) is 9.40 Å². The number of unbranched alkanes of at least 4 members (excludes halogenated alkanes) is 12. The molecule has 2 aromatic heterocycles. The van der Waals surface area contributed by atoms with Crippen LogP contribution < -0.4 is 0 Å². The second kappa shape index (κ2) is 16.3. The smallest absolute Gasteiger partial charge is 0.0894 e. The van der Waals surface area contributed by atoms with Gasteiger partial charge in [0.25, 0.3) is 0 Å². The van der Waals surface area contributed by atoms with Crippen molar-refractivity contribution in [2.75, 3.05) is 0 Å². The number of hydrogen-bond acceptors (Lipinski definition) is 4. The van der Waals surface area contributed by atoms with Crippen LogP contribution in [-0.4, -0.2) is 10.2 Å². The van der Waals surface area contributed by atoms with E-state index in [1.54, 1.807) is 22.7 Å². The van der Waals surface area contributed by atoms with Gasteiger partial charge in [-0.15, -0.1) is 22.7 Å². The van der Waals surface area contributed by atoms with Gasteiger partial charge in [-0.1, -0.05) is 104 Å². The standard InChI is InChI=1S/C26H42Br2O2S2/c1-3-5-7-9-11-13-15-17-19(29)23-21(27)25-26(31-23)22(28)24(32-25)20(30)18-16-14-12-10-8-6-4-2/h19-20,29-30H,3-18H2,1-2H3. The quantitative estimate of drug-likeness (QED) is 0.165. The average Bonchev–Trinajstić information content (AvgIpc) is 3.28. The van der Waals surface area contributed by atoms with Crippen LogP contribution in [0.3, 0.4) is 0 Å². The SMILES string of the molecule is CCCCCCCCCC(O)c1sc2c(Br)c(C(O)CCCCCCCCC)sc2c1Br. The summed E-state index contributed by atoms with van der Waals surface area (Å²) in [7, 11) is 0. The summed E-state index contributed by atoms with van der Waals surface area (Å²) in [6.07, 6.45) is 18.5. The normalized spacial score (nSPS) is 13.8. The van der Waals surface area contributed by atoms with Crippen molar-refractivity contribution in [3.63, 3.8) is 0 Å². The molecule has 184 valence electrons. The van der Waals surface area contributed by atoms with E-state index < -0.39 is 12.2 Å². The zero-order valence-electron chi connectivity index (χ0n) is 19.9. The lowest BCUT2D eigenvalue weighted by Crippen LogP contribution is -1.96. The fourth-order valence-corrected chi connectivity index (χ4v) is 8.85. The van der Waals surface area contributed by atoms with Gasteiger partial charge in [-0.3, -0.25) is 0 Å². The molecule has 0 saturated carbocycles. The van der Waals surface area contributed by atoms with Crippen molar-refractivity contribution in [1.82, 2.24) is 0 Å². The molecular weight excluding hydrogens is 568 g/mol. The van der Waals surface area contributed by atoms with E-state index in [0.29, 0.717) is 0 Å². The molecule has 2 N–H and O–H groups in total. The highest BCUT2D eigenvalue weighted by molar-refractivity contribution is 9.11. The molecule has 0 amide bonds. The minimum atomic E-state index is -0.405. The molecule has 0 aromatic carbocycles. The van der Waals surface area contributed by atoms with Gasteiger partial charge >= 0.3 is 0 Å². The minimum absolute atomic E-state index is 0.405. The van der Waals surface area contributed by atoms with Crippen molar-refractivity contribution in [3.05, 3.63) is 18.7 Å². The lowest BCUT2D eigenvalue weighted by molar-refractivity contribution is 0.166. The Balaban J connectivity index is 1.84. The first-order chi connectivity index (χ1) is 15.5. The molecule has 0 saturated heterocycles. The third kappa shape index (κ3) is 8.96. The number of thiophene rings is 2. The summed E-state index contributed by atoms with van der Waals surface area (Å²) in [5, 5.41) is 21.5. The van der Waals surface area contributed by atoms with Crippen molar-refractivity contribution in [1.29, 1.82) is 0 Å². The van der Waals surface area contributed by atoms with E-state index in [1.165, 1.54) is 77.0 Å². The minimum Gasteiger partial charge on any atom is -0.388 e. The summed E-state index contributed by atoms with van der Waals surface area (Å²) in [5.41, 5.74) is 0. The summed E-state index contributed by atoms with van der Waals surface area (Å²) in [6.45, 7) is 4.50. The van der Waals surface area contributed by atoms with E-state index in [-0.39, 0.29) is 0 Å². The van der Waals surface area contributed by atoms with Gasteiger partial charge < -0.3 is 10.2 Å². The molecule has 2 heterocycles. The van der Waals surface area contributed by atoms with Crippen LogP contribution in [0.2, 0.25) is 0 Å². The predicted octanol–water partition coefficient (Wildman–Crippen LogP) is 10.8. The summed E-state index contributed by atoms with van der Waals surface area (Å²) in [6, 6.07) is 0. The van der Waals surface area contributed by atoms with Gasteiger partial charge in [-0.25, -0.2) is 0 Å². The van der Waals surface area contributed by atoms with Crippen molar-refractivity contribution in [2.24, 2.45) is 0 Å². The van der Waals surface area contributed by atoms with Crippen LogP contribution >= 0.6 is 54.5 Å². The second-order valence-electron chi connectivity index (χ2n) is 9.07. The Morgan fingerprint density at radius 1 is 0.562 bits per heavy atom. The largest absolute Gasteiger partial charge is 0.388 e. The highest BCUT2D eigenvalue weighted by Crippen LogP contribution is 2.50. The number of aliphatic hydroxyl groups is 2. The monoisotopic (exact) mass is 608 g/mol. The molecule has 2 aromatic rings. The molecule has 2 unspecified atom stereocenters. The Kier molecular flexibility index (Phi) is 14.6. The van der Waals surface area contributed by atoms with E-state index >= 15 is 0 Å². The lowest BCUT2D eigenvalue weighted by atomic mass is 10.1. The van der Waals surface area contributed by atoms with Gasteiger partial charge in [0.1, 0.15) is 0 Å². The maximum atomic E-state index is 10.8. The summed E-state index contributed by atoms with van der Waals surface area (Å²) in [5.74, 6) is 0. The van der Waals surface area contributed by atoms with Crippen molar-refractivity contribution >= 4 is 63.9 Å². The Morgan fingerprint density at radius 3 is 1.22 bits per heavy atom. The fraction of sp³-hybridized carbons (Fsp3) is 0.769. The average molecular weight is 611 g/mol. The summed E-state index contributed by atoms with van der Waals surface area (Å²) >= 11 is 10.8. The van der Waals surface area contributed by atoms with Gasteiger partial charge in [0, 0.05) is 9.75 Å². The van der Waals surface area contributed by atoms with Crippen LogP contribution in [0.4, 0.5) is 0 Å². The highest BCUT2D eigenvalue weighted by atomic mass is 79.9. The van der Waals surface area contributed by atoms with E-state index in [0.717, 1.165) is 53.8 Å². The highest BCUT2D eigenvalue weighted by Gasteiger charge is 2.24. The first kappa shape index (κ1) is 28.8. The molecule has 0 radical (unpaired) electrons. The van der Waals surface area contributed by atoms with Crippen LogP contribution in [0.15, 0.2) is 8.95 Å². The van der Waals surface area contributed by atoms with Gasteiger partial charge in [0.2, 0.25) is 0 Å². The van der Waals surface area contributed by atoms with E-state index in [2.05, 4.69) is 45.7 Å². The summed E-state index contributed by atoms with van der Waals surface area (Å²) in [4.78, 5) is 2.07. The zero-order valence-corrected chi connectivity index (χ0v) is 24.7. The maximum absolute atomic E-state index is 10.8. The topological polar surface area (TPSA) is 40.5 Å². The van der Waals surface area contributed by atoms with Crippen molar-refractivity contribution in [2.45, 2.75) is 129 Å². The molecule has 0 aliphatic carbocycles. The number of halogens is 2. The van der Waals surface area contributed by atoms with Crippen LogP contribution in [-0.2, 0) is 0 Å². The molecule has 0 fully saturated rings. The zero-order chi connectivity index (χ0) is 23.3. The Bertz CT molecular complexity index is 708. The van der Waals surface area contributed by atoms with E-state index in [9.17, 15) is 10.2 Å². The first-order valence-corrected chi connectivity index (χ1v) is 16.0. The van der Waals surface area contributed by atoms with Crippen molar-refractivity contribution < 1.29 is 10.2 Å². The number of hydrogen-bond donors (Lipinski definition) is 2. The number of aliphatic hydroxyl groups excluding tert-OH is 2. The van der Waals surface area contributed by atoms with Crippen LogP contribution in [0, 0.1) is 0 Å². The fourth-order valence-electron chi connectivity index (χ4n) is 4.20. The Morgan fingerprint density at radius 2 is 0.875 bits per heavy atom. The third-order valence-corrected chi connectivity index (χ3v) is 11.7. The molecule has 2 atom stereocenters. The molecule has 32 heavy (non-hydrogen) atoms. The molecule has 0 aliphatic heterocycles. The van der Waals surface area contributed by atoms with Crippen LogP contribution in [0.1, 0.15) is 139 Å². The first-order valence-electron chi connectivity index (χ1n) is 12.8. The molecule has 0 spiro atoms. The van der Waals surface area contributed by atoms with E-state index in [1.807, 2.05) is 0 Å². The molecule has 2 rings (SSSR count). The lowest BCUT2D eigenvalue weighted by Gasteiger charge is -2.11. The molecule has 2 nitrogen and oxygen atoms in total. The van der Waals surface area contributed by atoms with Crippen molar-refractivity contribution in [3.8, 4) is 0 Å². The third-order valence-electron chi connectivity index (χ3n) is 6.23. The number of fused-ring (bicyclic) bond motifs is 1. The summed E-state index contributed by atoms with van der Waals surface area (Å²) < 4.78 is 4.36. The molecule has 6 heteroatoms.